The van der Waals surface area contributed by atoms with E-state index in [0.717, 1.165) is 5.56 Å². The number of carbonyl (C=O) groups is 2. The van der Waals surface area contributed by atoms with Crippen molar-refractivity contribution in [2.45, 2.75) is 13.8 Å². The van der Waals surface area contributed by atoms with Crippen LogP contribution in [0.5, 0.6) is 0 Å². The summed E-state index contributed by atoms with van der Waals surface area (Å²) in [7, 11) is 0. The van der Waals surface area contributed by atoms with Crippen LogP contribution in [-0.2, 0) is 9.59 Å². The van der Waals surface area contributed by atoms with Gasteiger partial charge in [0.2, 0.25) is 5.91 Å². The van der Waals surface area contributed by atoms with E-state index in [4.69, 9.17) is 10.4 Å². The Morgan fingerprint density at radius 3 is 2.76 bits per heavy atom. The molecule has 0 radical (unpaired) electrons. The van der Waals surface area contributed by atoms with Crippen LogP contribution in [-0.4, -0.2) is 35.0 Å². The van der Waals surface area contributed by atoms with Crippen molar-refractivity contribution in [3.05, 3.63) is 41.5 Å². The maximum Gasteiger partial charge on any atom is 0.308 e. The van der Waals surface area contributed by atoms with Crippen LogP contribution in [0.25, 0.3) is 6.08 Å². The lowest BCUT2D eigenvalue weighted by molar-refractivity contribution is -0.142. The van der Waals surface area contributed by atoms with Crippen molar-refractivity contribution >= 4 is 18.0 Å². The standard InChI is InChI=1S/C16H18N2O3/c1-3-18(11-12(2)16(20)21)15(19)8-7-13-5-4-6-14(9-13)10-17/h4-9,12H,3,11H2,1-2H3,(H,20,21). The molecule has 5 nitrogen and oxygen atoms in total. The molecule has 1 amide bonds. The lowest BCUT2D eigenvalue weighted by atomic mass is 10.1. The number of benzene rings is 1. The van der Waals surface area contributed by atoms with Gasteiger partial charge in [-0.25, -0.2) is 0 Å². The summed E-state index contributed by atoms with van der Waals surface area (Å²) in [4.78, 5) is 24.4. The van der Waals surface area contributed by atoms with Crippen molar-refractivity contribution in [2.75, 3.05) is 13.1 Å². The molecule has 21 heavy (non-hydrogen) atoms. The number of rotatable bonds is 6. The predicted molar refractivity (Wildman–Crippen MR) is 79.2 cm³/mol. The summed E-state index contributed by atoms with van der Waals surface area (Å²) < 4.78 is 0. The van der Waals surface area contributed by atoms with Gasteiger partial charge in [0.05, 0.1) is 17.6 Å². The lowest BCUT2D eigenvalue weighted by Crippen LogP contribution is -2.35. The van der Waals surface area contributed by atoms with Crippen LogP contribution in [0.3, 0.4) is 0 Å². The zero-order valence-electron chi connectivity index (χ0n) is 12.1. The van der Waals surface area contributed by atoms with Crippen LogP contribution in [0, 0.1) is 17.2 Å². The molecule has 0 aliphatic heterocycles. The average molecular weight is 286 g/mol. The summed E-state index contributed by atoms with van der Waals surface area (Å²) in [5, 5.41) is 17.7. The minimum atomic E-state index is -0.924. The average Bonchev–Trinajstić information content (AvgIpc) is 2.49. The van der Waals surface area contributed by atoms with Gasteiger partial charge in [0.25, 0.3) is 0 Å². The molecule has 1 aromatic rings. The number of likely N-dealkylation sites (N-methyl/N-ethyl adjacent to an activating group) is 1. The van der Waals surface area contributed by atoms with E-state index in [1.807, 2.05) is 6.07 Å². The fraction of sp³-hybridized carbons (Fsp3) is 0.312. The summed E-state index contributed by atoms with van der Waals surface area (Å²) in [6.45, 7) is 3.99. The number of nitrogens with zero attached hydrogens (tertiary/aromatic N) is 2. The molecule has 0 bridgehead atoms. The van der Waals surface area contributed by atoms with E-state index in [1.165, 1.54) is 11.0 Å². The summed E-state index contributed by atoms with van der Waals surface area (Å²) in [6.07, 6.45) is 3.02. The highest BCUT2D eigenvalue weighted by Crippen LogP contribution is 2.07. The van der Waals surface area contributed by atoms with Gasteiger partial charge in [-0.2, -0.15) is 5.26 Å². The Bertz CT molecular complexity index is 587. The van der Waals surface area contributed by atoms with E-state index in [0.29, 0.717) is 12.1 Å². The van der Waals surface area contributed by atoms with Gasteiger partial charge in [-0.15, -0.1) is 0 Å². The first-order valence-corrected chi connectivity index (χ1v) is 6.67. The minimum Gasteiger partial charge on any atom is -0.481 e. The second-order valence-corrected chi connectivity index (χ2v) is 4.69. The van der Waals surface area contributed by atoms with Gasteiger partial charge >= 0.3 is 5.97 Å². The molecule has 0 spiro atoms. The fourth-order valence-corrected chi connectivity index (χ4v) is 1.77. The maximum atomic E-state index is 12.0. The van der Waals surface area contributed by atoms with Crippen LogP contribution < -0.4 is 0 Å². The van der Waals surface area contributed by atoms with Gasteiger partial charge in [-0.05, 0) is 30.7 Å². The quantitative estimate of drug-likeness (QED) is 0.812. The predicted octanol–water partition coefficient (Wildman–Crippen LogP) is 2.14. The first-order valence-electron chi connectivity index (χ1n) is 6.67. The van der Waals surface area contributed by atoms with Gasteiger partial charge in [0.1, 0.15) is 0 Å². The Labute approximate surface area is 124 Å². The number of carboxylic acids is 1. The van der Waals surface area contributed by atoms with Crippen molar-refractivity contribution in [2.24, 2.45) is 5.92 Å². The largest absolute Gasteiger partial charge is 0.481 e. The smallest absolute Gasteiger partial charge is 0.308 e. The maximum absolute atomic E-state index is 12.0. The molecule has 0 fully saturated rings. The van der Waals surface area contributed by atoms with Gasteiger partial charge in [0.15, 0.2) is 0 Å². The molecule has 0 heterocycles. The molecule has 5 heteroatoms. The van der Waals surface area contributed by atoms with Gasteiger partial charge in [0, 0.05) is 19.2 Å². The first-order chi connectivity index (χ1) is 9.97. The Morgan fingerprint density at radius 1 is 1.48 bits per heavy atom. The van der Waals surface area contributed by atoms with Crippen LogP contribution >= 0.6 is 0 Å². The number of hydrogen-bond acceptors (Lipinski definition) is 3. The number of amides is 1. The number of hydrogen-bond donors (Lipinski definition) is 1. The third kappa shape index (κ3) is 5.11. The Morgan fingerprint density at radius 2 is 2.19 bits per heavy atom. The fourth-order valence-electron chi connectivity index (χ4n) is 1.77. The molecule has 1 aromatic carbocycles. The van der Waals surface area contributed by atoms with E-state index in [2.05, 4.69) is 0 Å². The molecule has 1 N–H and O–H groups in total. The van der Waals surface area contributed by atoms with Crippen molar-refractivity contribution in [3.63, 3.8) is 0 Å². The van der Waals surface area contributed by atoms with Crippen LogP contribution in [0.1, 0.15) is 25.0 Å². The van der Waals surface area contributed by atoms with Gasteiger partial charge in [-0.3, -0.25) is 9.59 Å². The summed E-state index contributed by atoms with van der Waals surface area (Å²) in [6, 6.07) is 8.94. The number of aliphatic carboxylic acids is 1. The number of nitriles is 1. The summed E-state index contributed by atoms with van der Waals surface area (Å²) >= 11 is 0. The van der Waals surface area contributed by atoms with Gasteiger partial charge < -0.3 is 10.0 Å². The highest BCUT2D eigenvalue weighted by molar-refractivity contribution is 5.92. The van der Waals surface area contributed by atoms with Crippen molar-refractivity contribution < 1.29 is 14.7 Å². The summed E-state index contributed by atoms with van der Waals surface area (Å²) in [5.41, 5.74) is 1.28. The van der Waals surface area contributed by atoms with Crippen molar-refractivity contribution in [1.82, 2.24) is 4.90 Å². The molecule has 0 aliphatic rings. The molecule has 0 aliphatic carbocycles. The van der Waals surface area contributed by atoms with Crippen molar-refractivity contribution in [1.29, 1.82) is 5.26 Å². The molecule has 110 valence electrons. The van der Waals surface area contributed by atoms with Crippen LogP contribution in [0.4, 0.5) is 0 Å². The second-order valence-electron chi connectivity index (χ2n) is 4.69. The highest BCUT2D eigenvalue weighted by atomic mass is 16.4. The first kappa shape index (κ1) is 16.4. The summed E-state index contributed by atoms with van der Waals surface area (Å²) in [5.74, 6) is -1.77. The SMILES string of the molecule is CCN(CC(C)C(=O)O)C(=O)C=Cc1cccc(C#N)c1. The zero-order valence-corrected chi connectivity index (χ0v) is 12.1. The third-order valence-electron chi connectivity index (χ3n) is 3.04. The Kier molecular flexibility index (Phi) is 6.15. The molecular formula is C16H18N2O3. The molecule has 0 aromatic heterocycles. The highest BCUT2D eigenvalue weighted by Gasteiger charge is 2.17. The molecule has 1 atom stereocenters. The van der Waals surface area contributed by atoms with E-state index in [1.54, 1.807) is 44.2 Å². The zero-order chi connectivity index (χ0) is 15.8. The van der Waals surface area contributed by atoms with E-state index in [-0.39, 0.29) is 12.5 Å². The molecule has 1 unspecified atom stereocenters. The second kappa shape index (κ2) is 7.85. The molecular weight excluding hydrogens is 268 g/mol. The van der Waals surface area contributed by atoms with Gasteiger partial charge in [-0.1, -0.05) is 19.1 Å². The Hall–Kier alpha value is -2.61. The third-order valence-corrected chi connectivity index (χ3v) is 3.04. The number of carboxylic acid groups (broad SMARTS) is 1. The molecule has 1 rings (SSSR count). The monoisotopic (exact) mass is 286 g/mol. The molecule has 0 saturated carbocycles. The van der Waals surface area contributed by atoms with E-state index < -0.39 is 11.9 Å². The molecule has 0 saturated heterocycles. The van der Waals surface area contributed by atoms with E-state index >= 15 is 0 Å². The van der Waals surface area contributed by atoms with Crippen LogP contribution in [0.2, 0.25) is 0 Å². The van der Waals surface area contributed by atoms with Crippen LogP contribution in [0.15, 0.2) is 30.3 Å². The lowest BCUT2D eigenvalue weighted by Gasteiger charge is -2.21. The topological polar surface area (TPSA) is 81.4 Å². The Balaban J connectivity index is 2.75. The normalized spacial score (nSPS) is 11.9. The van der Waals surface area contributed by atoms with E-state index in [9.17, 15) is 9.59 Å². The number of carbonyl (C=O) groups excluding carboxylic acids is 1. The van der Waals surface area contributed by atoms with Crippen molar-refractivity contribution in [3.8, 4) is 6.07 Å². The minimum absolute atomic E-state index is 0.174.